The van der Waals surface area contributed by atoms with E-state index in [1.807, 2.05) is 12.4 Å². The van der Waals surface area contributed by atoms with Crippen LogP contribution in [0.5, 0.6) is 0 Å². The van der Waals surface area contributed by atoms with Gasteiger partial charge >= 0.3 is 0 Å². The van der Waals surface area contributed by atoms with E-state index in [1.54, 1.807) is 10.9 Å². The molecule has 1 N–H and O–H groups in total. The van der Waals surface area contributed by atoms with E-state index < -0.39 is 0 Å². The fraction of sp³-hybridized carbons (Fsp3) is 0.643. The largest absolute Gasteiger partial charge is 0.313 e. The number of nitrogens with zero attached hydrogens (tertiary/aromatic N) is 3. The molecule has 0 saturated carbocycles. The average Bonchev–Trinajstić information content (AvgIpc) is 2.81. The predicted molar refractivity (Wildman–Crippen MR) is 77.3 cm³/mol. The molecule has 1 heterocycles. The minimum absolute atomic E-state index is 0.641. The second kappa shape index (κ2) is 8.06. The Morgan fingerprint density at radius 2 is 2.28 bits per heavy atom. The van der Waals surface area contributed by atoms with Crippen LogP contribution in [0.4, 0.5) is 0 Å². The average molecular weight is 250 g/mol. The van der Waals surface area contributed by atoms with Crippen LogP contribution in [-0.4, -0.2) is 40.9 Å². The topological polar surface area (TPSA) is 33.1 Å². The standard InChI is InChI=1S/C14H26N4/c1-5-18-12-14(11-16-18)10-15-8-6-7-9-17(4)13(2)3/h5,11-13,15H,1,6-10H2,2-4H3. The fourth-order valence-corrected chi connectivity index (χ4v) is 1.67. The van der Waals surface area contributed by atoms with E-state index in [2.05, 4.69) is 42.8 Å². The first-order valence-electron chi connectivity index (χ1n) is 6.70. The van der Waals surface area contributed by atoms with E-state index in [0.29, 0.717) is 6.04 Å². The van der Waals surface area contributed by atoms with Gasteiger partial charge in [-0.05, 0) is 46.8 Å². The van der Waals surface area contributed by atoms with Crippen molar-refractivity contribution in [1.29, 1.82) is 0 Å². The second-order valence-corrected chi connectivity index (χ2v) is 4.97. The van der Waals surface area contributed by atoms with Gasteiger partial charge in [-0.2, -0.15) is 5.10 Å². The van der Waals surface area contributed by atoms with Crippen molar-refractivity contribution in [3.8, 4) is 0 Å². The molecule has 0 saturated heterocycles. The van der Waals surface area contributed by atoms with Crippen molar-refractivity contribution >= 4 is 6.20 Å². The molecule has 0 radical (unpaired) electrons. The molecule has 0 amide bonds. The Labute approximate surface area is 111 Å². The minimum Gasteiger partial charge on any atom is -0.313 e. The fourth-order valence-electron chi connectivity index (χ4n) is 1.67. The van der Waals surface area contributed by atoms with Crippen molar-refractivity contribution in [2.75, 3.05) is 20.1 Å². The molecule has 0 aliphatic carbocycles. The highest BCUT2D eigenvalue weighted by atomic mass is 15.2. The molecule has 0 aliphatic rings. The lowest BCUT2D eigenvalue weighted by atomic mass is 10.2. The number of hydrogen-bond donors (Lipinski definition) is 1. The minimum atomic E-state index is 0.641. The van der Waals surface area contributed by atoms with E-state index >= 15 is 0 Å². The molecule has 4 nitrogen and oxygen atoms in total. The Hall–Kier alpha value is -1.13. The summed E-state index contributed by atoms with van der Waals surface area (Å²) in [5, 5.41) is 7.58. The Balaban J connectivity index is 2.03. The highest BCUT2D eigenvalue weighted by Crippen LogP contribution is 1.99. The smallest absolute Gasteiger partial charge is 0.0538 e. The zero-order chi connectivity index (χ0) is 13.4. The van der Waals surface area contributed by atoms with E-state index in [0.717, 1.165) is 13.1 Å². The molecule has 0 fully saturated rings. The highest BCUT2D eigenvalue weighted by molar-refractivity contribution is 5.17. The molecule has 1 aromatic rings. The first-order chi connectivity index (χ1) is 8.63. The second-order valence-electron chi connectivity index (χ2n) is 4.97. The van der Waals surface area contributed by atoms with Crippen molar-refractivity contribution in [3.63, 3.8) is 0 Å². The van der Waals surface area contributed by atoms with E-state index in [4.69, 9.17) is 0 Å². The Kier molecular flexibility index (Phi) is 6.68. The van der Waals surface area contributed by atoms with Gasteiger partial charge < -0.3 is 10.2 Å². The SMILES string of the molecule is C=Cn1cc(CNCCCCN(C)C(C)C)cn1. The van der Waals surface area contributed by atoms with Crippen LogP contribution in [0, 0.1) is 0 Å². The highest BCUT2D eigenvalue weighted by Gasteiger charge is 2.01. The Morgan fingerprint density at radius 1 is 1.50 bits per heavy atom. The number of aromatic nitrogens is 2. The van der Waals surface area contributed by atoms with Gasteiger partial charge in [0, 0.05) is 30.5 Å². The van der Waals surface area contributed by atoms with E-state index in [1.165, 1.54) is 24.9 Å². The van der Waals surface area contributed by atoms with Gasteiger partial charge in [0.05, 0.1) is 6.20 Å². The lowest BCUT2D eigenvalue weighted by Gasteiger charge is -2.20. The number of nitrogens with one attached hydrogen (secondary N) is 1. The molecule has 0 spiro atoms. The number of unbranched alkanes of at least 4 members (excludes halogenated alkanes) is 1. The number of rotatable bonds is 9. The molecule has 0 aliphatic heterocycles. The quantitative estimate of drug-likeness (QED) is 0.682. The van der Waals surface area contributed by atoms with E-state index in [9.17, 15) is 0 Å². The van der Waals surface area contributed by atoms with Crippen molar-refractivity contribution in [1.82, 2.24) is 20.0 Å². The summed E-state index contributed by atoms with van der Waals surface area (Å²) in [6, 6.07) is 0.641. The van der Waals surface area contributed by atoms with Gasteiger partial charge in [-0.1, -0.05) is 6.58 Å². The van der Waals surface area contributed by atoms with Crippen molar-refractivity contribution in [2.24, 2.45) is 0 Å². The summed E-state index contributed by atoms with van der Waals surface area (Å²) in [6.45, 7) is 11.3. The maximum Gasteiger partial charge on any atom is 0.0538 e. The summed E-state index contributed by atoms with van der Waals surface area (Å²) in [5.74, 6) is 0. The van der Waals surface area contributed by atoms with Gasteiger partial charge in [-0.3, -0.25) is 0 Å². The monoisotopic (exact) mass is 250 g/mol. The molecule has 0 atom stereocenters. The van der Waals surface area contributed by atoms with E-state index in [-0.39, 0.29) is 0 Å². The normalized spacial score (nSPS) is 11.4. The van der Waals surface area contributed by atoms with Crippen LogP contribution in [0.1, 0.15) is 32.3 Å². The molecule has 18 heavy (non-hydrogen) atoms. The van der Waals surface area contributed by atoms with Crippen LogP contribution in [0.25, 0.3) is 6.20 Å². The van der Waals surface area contributed by atoms with Crippen LogP contribution < -0.4 is 5.32 Å². The van der Waals surface area contributed by atoms with Crippen LogP contribution >= 0.6 is 0 Å². The molecule has 0 bridgehead atoms. The van der Waals surface area contributed by atoms with Crippen LogP contribution in [-0.2, 0) is 6.54 Å². The molecular formula is C14H26N4. The zero-order valence-corrected chi connectivity index (χ0v) is 11.9. The summed E-state index contributed by atoms with van der Waals surface area (Å²) < 4.78 is 1.73. The van der Waals surface area contributed by atoms with Gasteiger partial charge in [0.25, 0.3) is 0 Å². The van der Waals surface area contributed by atoms with Gasteiger partial charge in [-0.25, -0.2) is 4.68 Å². The molecule has 102 valence electrons. The van der Waals surface area contributed by atoms with Crippen molar-refractivity contribution in [2.45, 2.75) is 39.3 Å². The van der Waals surface area contributed by atoms with Crippen LogP contribution in [0.15, 0.2) is 19.0 Å². The van der Waals surface area contributed by atoms with Gasteiger partial charge in [-0.15, -0.1) is 0 Å². The predicted octanol–water partition coefficient (Wildman–Crippen LogP) is 2.19. The molecule has 1 aromatic heterocycles. The molecule has 0 aromatic carbocycles. The molecule has 1 rings (SSSR count). The van der Waals surface area contributed by atoms with Crippen molar-refractivity contribution in [3.05, 3.63) is 24.5 Å². The van der Waals surface area contributed by atoms with Crippen LogP contribution in [0.3, 0.4) is 0 Å². The summed E-state index contributed by atoms with van der Waals surface area (Å²) in [7, 11) is 2.18. The first kappa shape index (κ1) is 14.9. The third kappa shape index (κ3) is 5.47. The zero-order valence-electron chi connectivity index (χ0n) is 11.9. The van der Waals surface area contributed by atoms with Gasteiger partial charge in [0.2, 0.25) is 0 Å². The summed E-state index contributed by atoms with van der Waals surface area (Å²) in [5.41, 5.74) is 1.20. The Bertz CT molecular complexity index is 343. The van der Waals surface area contributed by atoms with Crippen LogP contribution in [0.2, 0.25) is 0 Å². The Morgan fingerprint density at radius 3 is 2.89 bits per heavy atom. The molecule has 0 unspecified atom stereocenters. The maximum absolute atomic E-state index is 4.14. The third-order valence-corrected chi connectivity index (χ3v) is 3.17. The van der Waals surface area contributed by atoms with Gasteiger partial charge in [0.15, 0.2) is 0 Å². The van der Waals surface area contributed by atoms with Gasteiger partial charge in [0.1, 0.15) is 0 Å². The maximum atomic E-state index is 4.14. The number of hydrogen-bond acceptors (Lipinski definition) is 3. The molecule has 4 heteroatoms. The molecular weight excluding hydrogens is 224 g/mol. The first-order valence-corrected chi connectivity index (χ1v) is 6.70. The summed E-state index contributed by atoms with van der Waals surface area (Å²) >= 11 is 0. The lowest BCUT2D eigenvalue weighted by Crippen LogP contribution is -2.27. The summed E-state index contributed by atoms with van der Waals surface area (Å²) in [6.07, 6.45) is 8.03. The summed E-state index contributed by atoms with van der Waals surface area (Å²) in [4.78, 5) is 2.38. The van der Waals surface area contributed by atoms with Crippen molar-refractivity contribution < 1.29 is 0 Å². The third-order valence-electron chi connectivity index (χ3n) is 3.17. The lowest BCUT2D eigenvalue weighted by molar-refractivity contribution is 0.268.